The molecule has 2 aliphatic rings. The van der Waals surface area contributed by atoms with Crippen molar-refractivity contribution in [3.05, 3.63) is 29.8 Å². The molecule has 2 fully saturated rings. The topological polar surface area (TPSA) is 57.3 Å². The number of amides is 1. The summed E-state index contributed by atoms with van der Waals surface area (Å²) in [6, 6.07) is 8.31. The van der Waals surface area contributed by atoms with Gasteiger partial charge in [-0.3, -0.25) is 14.6 Å². The van der Waals surface area contributed by atoms with E-state index in [-0.39, 0.29) is 12.0 Å². The van der Waals surface area contributed by atoms with E-state index in [2.05, 4.69) is 46.0 Å². The first kappa shape index (κ1) is 24.0. The number of morpholine rings is 1. The Kier molecular flexibility index (Phi) is 9.58. The molecule has 0 saturated carbocycles. The molecule has 2 saturated heterocycles. The number of methoxy groups -OCH3 is 1. The normalized spacial score (nSPS) is 21.4. The molecule has 1 atom stereocenters. The van der Waals surface area contributed by atoms with Crippen LogP contribution >= 0.6 is 0 Å². The number of piperazine rings is 1. The summed E-state index contributed by atoms with van der Waals surface area (Å²) in [5.41, 5.74) is 1.33. The van der Waals surface area contributed by atoms with Crippen LogP contribution in [0.3, 0.4) is 0 Å². The van der Waals surface area contributed by atoms with Gasteiger partial charge in [-0.15, -0.1) is 0 Å². The van der Waals surface area contributed by atoms with Crippen molar-refractivity contribution in [2.45, 2.75) is 26.4 Å². The molecule has 1 unspecified atom stereocenters. The van der Waals surface area contributed by atoms with Crippen LogP contribution in [-0.2, 0) is 16.0 Å². The molecule has 0 aromatic heterocycles. The molecule has 2 heterocycles. The number of nitrogens with one attached hydrogen (secondary N) is 1. The maximum absolute atomic E-state index is 12.4. The third-order valence-electron chi connectivity index (χ3n) is 6.08. The third kappa shape index (κ3) is 8.41. The molecular formula is C24H40N4O3. The molecule has 0 aliphatic carbocycles. The Balaban J connectivity index is 1.29. The van der Waals surface area contributed by atoms with E-state index >= 15 is 0 Å². The number of hydrogen-bond donors (Lipinski definition) is 1. The van der Waals surface area contributed by atoms with Crippen molar-refractivity contribution in [3.63, 3.8) is 0 Å². The molecule has 2 aliphatic heterocycles. The number of carbonyl (C=O) groups excluding carboxylic acids is 1. The van der Waals surface area contributed by atoms with Crippen molar-refractivity contribution in [1.29, 1.82) is 0 Å². The van der Waals surface area contributed by atoms with Crippen LogP contribution in [0.1, 0.15) is 19.4 Å². The van der Waals surface area contributed by atoms with E-state index in [0.717, 1.165) is 71.1 Å². The Hall–Kier alpha value is -1.67. The number of hydrogen-bond acceptors (Lipinski definition) is 6. The summed E-state index contributed by atoms with van der Waals surface area (Å²) in [4.78, 5) is 19.6. The standard InChI is InChI=1S/C24H40N4O3/c1-20(2)17-28-14-15-31-23(18-28)16-25-24(29)19-27-12-10-26(11-13-27)9-8-21-4-6-22(30-3)7-5-21/h4-7,20,23H,8-19H2,1-3H3,(H,25,29). The van der Waals surface area contributed by atoms with Gasteiger partial charge < -0.3 is 19.7 Å². The molecule has 174 valence electrons. The smallest absolute Gasteiger partial charge is 0.234 e. The van der Waals surface area contributed by atoms with Gasteiger partial charge in [0.15, 0.2) is 0 Å². The highest BCUT2D eigenvalue weighted by atomic mass is 16.5. The van der Waals surface area contributed by atoms with Crippen molar-refractivity contribution in [3.8, 4) is 5.75 Å². The number of rotatable bonds is 10. The van der Waals surface area contributed by atoms with Crippen LogP contribution in [0.5, 0.6) is 5.75 Å². The minimum Gasteiger partial charge on any atom is -0.497 e. The molecule has 1 N–H and O–H groups in total. The van der Waals surface area contributed by atoms with Crippen LogP contribution in [0.2, 0.25) is 0 Å². The number of benzene rings is 1. The second-order valence-electron chi connectivity index (χ2n) is 9.17. The largest absolute Gasteiger partial charge is 0.497 e. The van der Waals surface area contributed by atoms with E-state index < -0.39 is 0 Å². The first-order valence-corrected chi connectivity index (χ1v) is 11.7. The zero-order valence-corrected chi connectivity index (χ0v) is 19.5. The molecule has 31 heavy (non-hydrogen) atoms. The van der Waals surface area contributed by atoms with Crippen LogP contribution in [-0.4, -0.2) is 106 Å². The van der Waals surface area contributed by atoms with Crippen molar-refractivity contribution >= 4 is 5.91 Å². The Morgan fingerprint density at radius 3 is 2.48 bits per heavy atom. The summed E-state index contributed by atoms with van der Waals surface area (Å²) in [7, 11) is 1.69. The van der Waals surface area contributed by atoms with Gasteiger partial charge in [-0.2, -0.15) is 0 Å². The Morgan fingerprint density at radius 2 is 1.81 bits per heavy atom. The van der Waals surface area contributed by atoms with E-state index in [1.807, 2.05) is 12.1 Å². The minimum atomic E-state index is 0.103. The molecule has 7 heteroatoms. The van der Waals surface area contributed by atoms with Gasteiger partial charge in [-0.1, -0.05) is 26.0 Å². The second-order valence-corrected chi connectivity index (χ2v) is 9.17. The van der Waals surface area contributed by atoms with Crippen LogP contribution in [0.4, 0.5) is 0 Å². The monoisotopic (exact) mass is 432 g/mol. The Labute approximate surface area is 187 Å². The first-order valence-electron chi connectivity index (χ1n) is 11.7. The minimum absolute atomic E-state index is 0.103. The Morgan fingerprint density at radius 1 is 1.10 bits per heavy atom. The highest BCUT2D eigenvalue weighted by Gasteiger charge is 2.23. The highest BCUT2D eigenvalue weighted by molar-refractivity contribution is 5.78. The van der Waals surface area contributed by atoms with Crippen molar-refractivity contribution in [2.24, 2.45) is 5.92 Å². The zero-order valence-electron chi connectivity index (χ0n) is 19.5. The fraction of sp³-hybridized carbons (Fsp3) is 0.708. The lowest BCUT2D eigenvalue weighted by molar-refractivity contribution is -0.123. The maximum atomic E-state index is 12.4. The van der Waals surface area contributed by atoms with Gasteiger partial charge in [-0.05, 0) is 30.0 Å². The molecule has 7 nitrogen and oxygen atoms in total. The van der Waals surface area contributed by atoms with Gasteiger partial charge in [0.1, 0.15) is 5.75 Å². The lowest BCUT2D eigenvalue weighted by Gasteiger charge is -2.35. The summed E-state index contributed by atoms with van der Waals surface area (Å²) in [5, 5.41) is 3.08. The average Bonchev–Trinajstić information content (AvgIpc) is 2.77. The first-order chi connectivity index (χ1) is 15.0. The molecule has 1 aromatic rings. The predicted octanol–water partition coefficient (Wildman–Crippen LogP) is 1.33. The van der Waals surface area contributed by atoms with Gasteiger partial charge in [0.2, 0.25) is 5.91 Å². The van der Waals surface area contributed by atoms with Crippen molar-refractivity contribution in [1.82, 2.24) is 20.0 Å². The van der Waals surface area contributed by atoms with Gasteiger partial charge in [-0.25, -0.2) is 0 Å². The quantitative estimate of drug-likeness (QED) is 0.602. The van der Waals surface area contributed by atoms with Crippen molar-refractivity contribution < 1.29 is 14.3 Å². The van der Waals surface area contributed by atoms with Gasteiger partial charge >= 0.3 is 0 Å². The summed E-state index contributed by atoms with van der Waals surface area (Å²) < 4.78 is 11.1. The molecule has 3 rings (SSSR count). The van der Waals surface area contributed by atoms with Gasteiger partial charge in [0.05, 0.1) is 26.4 Å². The Bertz CT molecular complexity index is 659. The summed E-state index contributed by atoms with van der Waals surface area (Å²) in [5.74, 6) is 1.66. The second kappa shape index (κ2) is 12.4. The molecule has 0 bridgehead atoms. The summed E-state index contributed by atoms with van der Waals surface area (Å²) >= 11 is 0. The van der Waals surface area contributed by atoms with Crippen LogP contribution < -0.4 is 10.1 Å². The SMILES string of the molecule is COc1ccc(CCN2CCN(CC(=O)NCC3CN(CC(C)C)CCO3)CC2)cc1. The van der Waals surface area contributed by atoms with Gasteiger partial charge in [0, 0.05) is 58.9 Å². The fourth-order valence-electron chi connectivity index (χ4n) is 4.32. The van der Waals surface area contributed by atoms with E-state index in [4.69, 9.17) is 9.47 Å². The van der Waals surface area contributed by atoms with Crippen LogP contribution in [0, 0.1) is 5.92 Å². The number of carbonyl (C=O) groups is 1. The lowest BCUT2D eigenvalue weighted by Crippen LogP contribution is -2.52. The predicted molar refractivity (Wildman–Crippen MR) is 124 cm³/mol. The fourth-order valence-corrected chi connectivity index (χ4v) is 4.32. The third-order valence-corrected chi connectivity index (χ3v) is 6.08. The maximum Gasteiger partial charge on any atom is 0.234 e. The highest BCUT2D eigenvalue weighted by Crippen LogP contribution is 2.12. The zero-order chi connectivity index (χ0) is 22.1. The number of ether oxygens (including phenoxy) is 2. The lowest BCUT2D eigenvalue weighted by atomic mass is 10.1. The van der Waals surface area contributed by atoms with Crippen LogP contribution in [0.25, 0.3) is 0 Å². The molecular weight excluding hydrogens is 392 g/mol. The van der Waals surface area contributed by atoms with Gasteiger partial charge in [0.25, 0.3) is 0 Å². The summed E-state index contributed by atoms with van der Waals surface area (Å²) in [6.07, 6.45) is 1.14. The molecule has 1 aromatic carbocycles. The molecule has 0 radical (unpaired) electrons. The average molecular weight is 433 g/mol. The van der Waals surface area contributed by atoms with E-state index in [9.17, 15) is 4.79 Å². The van der Waals surface area contributed by atoms with E-state index in [0.29, 0.717) is 19.0 Å². The number of nitrogens with zero attached hydrogens (tertiary/aromatic N) is 3. The molecule has 0 spiro atoms. The van der Waals surface area contributed by atoms with Crippen molar-refractivity contribution in [2.75, 3.05) is 79.2 Å². The molecule has 1 amide bonds. The summed E-state index contributed by atoms with van der Waals surface area (Å²) in [6.45, 7) is 14.3. The van der Waals surface area contributed by atoms with E-state index in [1.54, 1.807) is 7.11 Å². The van der Waals surface area contributed by atoms with Crippen LogP contribution in [0.15, 0.2) is 24.3 Å². The van der Waals surface area contributed by atoms with E-state index in [1.165, 1.54) is 5.56 Å².